The second kappa shape index (κ2) is 21.3. The van der Waals surface area contributed by atoms with Crippen LogP contribution in [-0.2, 0) is 20.9 Å². The number of β-amino-alcohol motifs (C(OH)–C–C–N with tert-alkyl or cyclic N) is 1. The van der Waals surface area contributed by atoms with Crippen LogP contribution in [0.4, 0.5) is 0 Å². The SMILES string of the molecule is Cc1ncsc1-c1ccc(CNC(=O)[C@@H]2C[C@@H](O)CN2C(=O)[C@@H](NC(=O)CCCCN2CCC(c3ccc(C(=O)N[C@H]4C(C)(C)[C@H](Oc5ccc(C#N)c(Cl)c5)C4(C)C)cc3)CC2)C(C)(C)C)cc1. The maximum atomic E-state index is 14.1. The van der Waals surface area contributed by atoms with Gasteiger partial charge in [-0.15, -0.1) is 11.3 Å². The maximum absolute atomic E-state index is 14.1. The molecule has 4 N–H and O–H groups in total. The standard InChI is InChI=1S/C54H68ClN7O6S/c1-33-45(69-32-58-33)37-14-12-34(13-15-37)30-57-48(66)43-27-40(63)31-62(43)49(67)46(52(2,3)4)59-44(64)11-9-10-24-61-25-22-36(23-26-61)35-16-18-38(19-17-35)47(65)60-50-53(5,6)51(54(50,7)8)68-41-21-20-39(29-56)42(55)28-41/h12-21,28,32,36,40,43,46,50-51,63H,9-11,22-27,30-31H2,1-8H3,(H,57,66)(H,59,64)(H,60,65)/t40-,43+,46-,50-,51-/m1/s1. The number of nitrogens with one attached hydrogen (secondary N) is 3. The number of nitrogens with zero attached hydrogens (tertiary/aromatic N) is 4. The Bertz CT molecular complexity index is 2510. The number of hydrogen-bond acceptors (Lipinski definition) is 10. The Kier molecular flexibility index (Phi) is 15.9. The van der Waals surface area contributed by atoms with E-state index in [1.165, 1.54) is 10.5 Å². The molecule has 0 spiro atoms. The fourth-order valence-corrected chi connectivity index (χ4v) is 11.9. The summed E-state index contributed by atoms with van der Waals surface area (Å²) in [6.07, 6.45) is 2.90. The molecule has 3 atom stereocenters. The van der Waals surface area contributed by atoms with E-state index in [9.17, 15) is 29.5 Å². The number of aliphatic hydroxyl groups excluding tert-OH is 1. The Labute approximate surface area is 416 Å². The van der Waals surface area contributed by atoms with Gasteiger partial charge in [0, 0.05) is 54.4 Å². The van der Waals surface area contributed by atoms with Crippen LogP contribution in [0.15, 0.2) is 72.2 Å². The Morgan fingerprint density at radius 2 is 1.67 bits per heavy atom. The van der Waals surface area contributed by atoms with Gasteiger partial charge >= 0.3 is 0 Å². The lowest BCUT2D eigenvalue weighted by Crippen LogP contribution is -2.74. The molecular formula is C54H68ClN7O6S. The molecular weight excluding hydrogens is 910 g/mol. The van der Waals surface area contributed by atoms with Crippen LogP contribution in [0.3, 0.4) is 0 Å². The van der Waals surface area contributed by atoms with Crippen molar-refractivity contribution in [3.63, 3.8) is 0 Å². The molecule has 3 fully saturated rings. The zero-order chi connectivity index (χ0) is 49.8. The van der Waals surface area contributed by atoms with Gasteiger partial charge in [0.05, 0.1) is 32.8 Å². The van der Waals surface area contributed by atoms with Gasteiger partial charge in [-0.25, -0.2) is 4.98 Å². The molecule has 0 unspecified atom stereocenters. The van der Waals surface area contributed by atoms with Gasteiger partial charge in [0.25, 0.3) is 5.91 Å². The first-order chi connectivity index (χ1) is 32.7. The molecule has 0 bridgehead atoms. The van der Waals surface area contributed by atoms with Crippen molar-refractivity contribution in [2.75, 3.05) is 26.2 Å². The highest BCUT2D eigenvalue weighted by Gasteiger charge is 2.64. The molecule has 2 saturated heterocycles. The Morgan fingerprint density at radius 1 is 0.986 bits per heavy atom. The van der Waals surface area contributed by atoms with Crippen molar-refractivity contribution in [3.8, 4) is 22.3 Å². The van der Waals surface area contributed by atoms with Crippen molar-refractivity contribution in [3.05, 3.63) is 105 Å². The number of carbonyl (C=O) groups is 4. The van der Waals surface area contributed by atoms with Crippen LogP contribution in [-0.4, -0.2) is 100 Å². The average Bonchev–Trinajstić information content (AvgIpc) is 3.94. The van der Waals surface area contributed by atoms with E-state index in [0.717, 1.165) is 60.6 Å². The van der Waals surface area contributed by atoms with Gasteiger partial charge < -0.3 is 35.6 Å². The topological polar surface area (TPSA) is 177 Å². The lowest BCUT2D eigenvalue weighted by molar-refractivity contribution is -0.164. The molecule has 69 heavy (non-hydrogen) atoms. The third kappa shape index (κ3) is 11.8. The van der Waals surface area contributed by atoms with E-state index >= 15 is 0 Å². The third-order valence-electron chi connectivity index (χ3n) is 14.5. The normalized spacial score (nSPS) is 21.7. The number of nitriles is 1. The summed E-state index contributed by atoms with van der Waals surface area (Å²) < 4.78 is 6.39. The van der Waals surface area contributed by atoms with E-state index in [-0.39, 0.29) is 72.5 Å². The maximum Gasteiger partial charge on any atom is 0.251 e. The second-order valence-electron chi connectivity index (χ2n) is 21.4. The van der Waals surface area contributed by atoms with E-state index in [2.05, 4.69) is 71.7 Å². The zero-order valence-electron chi connectivity index (χ0n) is 41.2. The number of likely N-dealkylation sites (tertiary alicyclic amines) is 2. The Morgan fingerprint density at radius 3 is 2.28 bits per heavy atom. The largest absolute Gasteiger partial charge is 0.489 e. The van der Waals surface area contributed by atoms with Crippen molar-refractivity contribution < 1.29 is 29.0 Å². The highest BCUT2D eigenvalue weighted by Crippen LogP contribution is 2.55. The lowest BCUT2D eigenvalue weighted by atomic mass is 9.49. The second-order valence-corrected chi connectivity index (χ2v) is 22.7. The van der Waals surface area contributed by atoms with Crippen LogP contribution in [0.2, 0.25) is 5.02 Å². The number of rotatable bonds is 16. The number of carbonyl (C=O) groups excluding carboxylic acids is 4. The van der Waals surface area contributed by atoms with Crippen molar-refractivity contribution in [1.82, 2.24) is 30.7 Å². The summed E-state index contributed by atoms with van der Waals surface area (Å²) in [5.41, 5.74) is 5.65. The van der Waals surface area contributed by atoms with Gasteiger partial charge in [-0.3, -0.25) is 19.2 Å². The molecule has 1 aromatic heterocycles. The van der Waals surface area contributed by atoms with E-state index in [4.69, 9.17) is 16.3 Å². The van der Waals surface area contributed by atoms with Crippen LogP contribution in [0.1, 0.15) is 126 Å². The summed E-state index contributed by atoms with van der Waals surface area (Å²) in [6, 6.07) is 21.2. The molecule has 15 heteroatoms. The molecule has 13 nitrogen and oxygen atoms in total. The van der Waals surface area contributed by atoms with E-state index in [0.29, 0.717) is 34.2 Å². The van der Waals surface area contributed by atoms with Crippen LogP contribution in [0.5, 0.6) is 5.75 Å². The van der Waals surface area contributed by atoms with Crippen LogP contribution in [0, 0.1) is 34.5 Å². The molecule has 3 heterocycles. The first-order valence-corrected chi connectivity index (χ1v) is 25.5. The minimum absolute atomic E-state index is 0.0252. The molecule has 0 radical (unpaired) electrons. The van der Waals surface area contributed by atoms with E-state index in [1.807, 2.05) is 69.6 Å². The predicted molar refractivity (Wildman–Crippen MR) is 270 cm³/mol. The van der Waals surface area contributed by atoms with Crippen molar-refractivity contribution in [2.45, 2.75) is 137 Å². The van der Waals surface area contributed by atoms with Gasteiger partial charge in [-0.2, -0.15) is 5.26 Å². The molecule has 1 aliphatic carbocycles. The first-order valence-electron chi connectivity index (χ1n) is 24.2. The van der Waals surface area contributed by atoms with Gasteiger partial charge in [0.15, 0.2) is 0 Å². The number of aromatic nitrogens is 1. The number of unbranched alkanes of at least 4 members (excludes halogenated alkanes) is 1. The Balaban J connectivity index is 0.823. The molecule has 1 saturated carbocycles. The van der Waals surface area contributed by atoms with Gasteiger partial charge in [0.2, 0.25) is 17.7 Å². The monoisotopic (exact) mass is 977 g/mol. The minimum Gasteiger partial charge on any atom is -0.489 e. The number of halogens is 1. The number of ether oxygens (including phenoxy) is 1. The van der Waals surface area contributed by atoms with Crippen molar-refractivity contribution in [2.24, 2.45) is 16.2 Å². The first kappa shape index (κ1) is 51.5. The molecule has 7 rings (SSSR count). The van der Waals surface area contributed by atoms with Crippen molar-refractivity contribution >= 4 is 46.6 Å². The number of aryl methyl sites for hydroxylation is 1. The van der Waals surface area contributed by atoms with Gasteiger partial charge in [-0.05, 0) is 105 Å². The summed E-state index contributed by atoms with van der Waals surface area (Å²) in [4.78, 5) is 63.8. The number of benzene rings is 3. The number of aliphatic hydroxyl groups is 1. The number of piperidine rings is 1. The van der Waals surface area contributed by atoms with E-state index in [1.54, 1.807) is 29.5 Å². The number of hydrogen-bond donors (Lipinski definition) is 4. The van der Waals surface area contributed by atoms with Gasteiger partial charge in [-0.1, -0.05) is 96.5 Å². The van der Waals surface area contributed by atoms with Crippen LogP contribution < -0.4 is 20.7 Å². The fourth-order valence-electron chi connectivity index (χ4n) is 10.8. The summed E-state index contributed by atoms with van der Waals surface area (Å²) in [5, 5.41) is 29.5. The summed E-state index contributed by atoms with van der Waals surface area (Å²) in [7, 11) is 0. The van der Waals surface area contributed by atoms with Crippen molar-refractivity contribution in [1.29, 1.82) is 5.26 Å². The predicted octanol–water partition coefficient (Wildman–Crippen LogP) is 8.41. The molecule has 4 aromatic rings. The molecule has 4 amide bonds. The van der Waals surface area contributed by atoms with Crippen LogP contribution in [0.25, 0.3) is 10.4 Å². The Hall–Kier alpha value is -5.33. The quantitative estimate of drug-likeness (QED) is 0.0803. The molecule has 3 aromatic carbocycles. The summed E-state index contributed by atoms with van der Waals surface area (Å²) in [5.74, 6) is -0.0398. The molecule has 2 aliphatic heterocycles. The third-order valence-corrected chi connectivity index (χ3v) is 15.8. The highest BCUT2D eigenvalue weighted by atomic mass is 35.5. The average molecular weight is 979 g/mol. The summed E-state index contributed by atoms with van der Waals surface area (Å²) in [6.45, 7) is 19.1. The van der Waals surface area contributed by atoms with Gasteiger partial charge in [0.1, 0.15) is 30.0 Å². The fraction of sp³-hybridized carbons (Fsp3) is 0.519. The molecule has 368 valence electrons. The summed E-state index contributed by atoms with van der Waals surface area (Å²) >= 11 is 7.85. The molecule has 3 aliphatic rings. The minimum atomic E-state index is -0.867. The van der Waals surface area contributed by atoms with E-state index < -0.39 is 23.6 Å². The zero-order valence-corrected chi connectivity index (χ0v) is 42.8. The number of thiazole rings is 1. The smallest absolute Gasteiger partial charge is 0.251 e. The van der Waals surface area contributed by atoms with Crippen LogP contribution >= 0.6 is 22.9 Å². The number of amides is 4. The highest BCUT2D eigenvalue weighted by molar-refractivity contribution is 7.13. The lowest BCUT2D eigenvalue weighted by Gasteiger charge is -2.63.